The first-order chi connectivity index (χ1) is 10.8. The molecule has 0 aliphatic heterocycles. The van der Waals surface area contributed by atoms with Crippen molar-refractivity contribution in [3.8, 4) is 11.1 Å². The average molecular weight is 319 g/mol. The van der Waals surface area contributed by atoms with Gasteiger partial charge in [-0.25, -0.2) is 0 Å². The van der Waals surface area contributed by atoms with Crippen molar-refractivity contribution >= 4 is 5.78 Å². The predicted octanol–water partition coefficient (Wildman–Crippen LogP) is 4.63. The van der Waals surface area contributed by atoms with Crippen molar-refractivity contribution in [2.24, 2.45) is 0 Å². The first-order valence-corrected chi connectivity index (χ1v) is 6.94. The van der Waals surface area contributed by atoms with Gasteiger partial charge in [-0.15, -0.1) is 0 Å². The van der Waals surface area contributed by atoms with Gasteiger partial charge in [0.2, 0.25) is 0 Å². The SMILES string of the molecule is CN(C)C=CC(=O)c1cccc(-c2ccccc2C(F)(F)F)c1. The predicted molar refractivity (Wildman–Crippen MR) is 84.0 cm³/mol. The number of halogens is 3. The third-order valence-corrected chi connectivity index (χ3v) is 3.21. The Morgan fingerprint density at radius 1 is 1.04 bits per heavy atom. The zero-order valence-electron chi connectivity index (χ0n) is 12.8. The molecule has 0 unspecified atom stereocenters. The van der Waals surface area contributed by atoms with Gasteiger partial charge < -0.3 is 4.90 Å². The van der Waals surface area contributed by atoms with Gasteiger partial charge in [-0.3, -0.25) is 4.79 Å². The van der Waals surface area contributed by atoms with E-state index in [1.54, 1.807) is 49.5 Å². The number of rotatable bonds is 4. The van der Waals surface area contributed by atoms with Crippen LogP contribution in [0.5, 0.6) is 0 Å². The molecule has 0 N–H and O–H groups in total. The smallest absolute Gasteiger partial charge is 0.383 e. The molecule has 0 fully saturated rings. The lowest BCUT2D eigenvalue weighted by Crippen LogP contribution is -2.07. The molecular weight excluding hydrogens is 303 g/mol. The summed E-state index contributed by atoms with van der Waals surface area (Å²) in [4.78, 5) is 13.8. The maximum absolute atomic E-state index is 13.1. The zero-order chi connectivity index (χ0) is 17.0. The fraction of sp³-hybridized carbons (Fsp3) is 0.167. The van der Waals surface area contributed by atoms with Crippen LogP contribution in [-0.2, 0) is 6.18 Å². The maximum atomic E-state index is 13.1. The largest absolute Gasteiger partial charge is 0.417 e. The highest BCUT2D eigenvalue weighted by Gasteiger charge is 2.33. The Hall–Kier alpha value is -2.56. The lowest BCUT2D eigenvalue weighted by atomic mass is 9.97. The minimum absolute atomic E-state index is 0.0613. The summed E-state index contributed by atoms with van der Waals surface area (Å²) in [6, 6.07) is 11.6. The molecule has 0 atom stereocenters. The molecule has 0 bridgehead atoms. The van der Waals surface area contributed by atoms with Gasteiger partial charge in [0, 0.05) is 31.9 Å². The Morgan fingerprint density at radius 2 is 1.74 bits per heavy atom. The van der Waals surface area contributed by atoms with Crippen LogP contribution < -0.4 is 0 Å². The summed E-state index contributed by atoms with van der Waals surface area (Å²) in [5.74, 6) is -0.259. The van der Waals surface area contributed by atoms with Crippen LogP contribution in [-0.4, -0.2) is 24.8 Å². The number of nitrogens with zero attached hydrogens (tertiary/aromatic N) is 1. The van der Waals surface area contributed by atoms with E-state index in [9.17, 15) is 18.0 Å². The second kappa shape index (κ2) is 6.69. The van der Waals surface area contributed by atoms with Gasteiger partial charge >= 0.3 is 6.18 Å². The Labute approximate surface area is 132 Å². The average Bonchev–Trinajstić information content (AvgIpc) is 2.52. The Kier molecular flexibility index (Phi) is 4.89. The van der Waals surface area contributed by atoms with Crippen LogP contribution in [0.1, 0.15) is 15.9 Å². The van der Waals surface area contributed by atoms with E-state index in [1.807, 2.05) is 0 Å². The van der Waals surface area contributed by atoms with E-state index >= 15 is 0 Å². The fourth-order valence-corrected chi connectivity index (χ4v) is 2.14. The van der Waals surface area contributed by atoms with Crippen LogP contribution in [0, 0.1) is 0 Å². The van der Waals surface area contributed by atoms with Gasteiger partial charge in [-0.2, -0.15) is 13.2 Å². The number of allylic oxidation sites excluding steroid dienone is 1. The number of hydrogen-bond acceptors (Lipinski definition) is 2. The molecule has 0 aliphatic rings. The minimum Gasteiger partial charge on any atom is -0.383 e. The standard InChI is InChI=1S/C18H16F3NO/c1-22(2)11-10-17(23)14-7-5-6-13(12-14)15-8-3-4-9-16(15)18(19,20)21/h3-12H,1-2H3. The summed E-state index contributed by atoms with van der Waals surface area (Å²) in [6.45, 7) is 0. The quantitative estimate of drug-likeness (QED) is 0.605. The molecule has 0 amide bonds. The highest BCUT2D eigenvalue weighted by Crippen LogP contribution is 2.37. The molecule has 0 aromatic heterocycles. The Bertz CT molecular complexity index is 733. The van der Waals surface area contributed by atoms with Gasteiger partial charge in [0.15, 0.2) is 5.78 Å². The number of ketones is 1. The van der Waals surface area contributed by atoms with Crippen molar-refractivity contribution in [1.29, 1.82) is 0 Å². The summed E-state index contributed by atoms with van der Waals surface area (Å²) in [5.41, 5.74) is 0.0549. The van der Waals surface area contributed by atoms with E-state index in [1.165, 1.54) is 24.3 Å². The number of benzene rings is 2. The molecule has 23 heavy (non-hydrogen) atoms. The van der Waals surface area contributed by atoms with Crippen molar-refractivity contribution in [2.75, 3.05) is 14.1 Å². The van der Waals surface area contributed by atoms with Gasteiger partial charge in [0.1, 0.15) is 0 Å². The first-order valence-electron chi connectivity index (χ1n) is 6.94. The molecule has 0 aliphatic carbocycles. The van der Waals surface area contributed by atoms with Crippen LogP contribution in [0.25, 0.3) is 11.1 Å². The molecule has 2 aromatic rings. The summed E-state index contributed by atoms with van der Waals surface area (Å²) in [5, 5.41) is 0. The zero-order valence-corrected chi connectivity index (χ0v) is 12.8. The molecule has 0 saturated heterocycles. The fourth-order valence-electron chi connectivity index (χ4n) is 2.14. The molecule has 2 aromatic carbocycles. The Morgan fingerprint density at radius 3 is 2.39 bits per heavy atom. The van der Waals surface area contributed by atoms with Gasteiger partial charge in [0.05, 0.1) is 5.56 Å². The lowest BCUT2D eigenvalue weighted by Gasteiger charge is -2.13. The number of alkyl halides is 3. The summed E-state index contributed by atoms with van der Waals surface area (Å²) >= 11 is 0. The van der Waals surface area contributed by atoms with E-state index in [2.05, 4.69) is 0 Å². The second-order valence-electron chi connectivity index (χ2n) is 5.27. The van der Waals surface area contributed by atoms with Crippen molar-refractivity contribution in [1.82, 2.24) is 4.90 Å². The molecule has 0 saturated carbocycles. The van der Waals surface area contributed by atoms with Crippen LogP contribution >= 0.6 is 0 Å². The third-order valence-electron chi connectivity index (χ3n) is 3.21. The lowest BCUT2D eigenvalue weighted by molar-refractivity contribution is -0.137. The number of carbonyl (C=O) groups excluding carboxylic acids is 1. The van der Waals surface area contributed by atoms with Crippen LogP contribution in [0.15, 0.2) is 60.8 Å². The van der Waals surface area contributed by atoms with Crippen molar-refractivity contribution in [3.63, 3.8) is 0 Å². The number of carbonyl (C=O) groups is 1. The van der Waals surface area contributed by atoms with E-state index in [0.29, 0.717) is 11.1 Å². The molecule has 120 valence electrons. The number of hydrogen-bond donors (Lipinski definition) is 0. The van der Waals surface area contributed by atoms with E-state index in [4.69, 9.17) is 0 Å². The molecule has 2 rings (SSSR count). The molecule has 5 heteroatoms. The Balaban J connectivity index is 2.44. The molecule has 0 radical (unpaired) electrons. The van der Waals surface area contributed by atoms with Gasteiger partial charge in [0.25, 0.3) is 0 Å². The summed E-state index contributed by atoms with van der Waals surface area (Å²) < 4.78 is 39.4. The van der Waals surface area contributed by atoms with Crippen LogP contribution in [0.2, 0.25) is 0 Å². The van der Waals surface area contributed by atoms with Crippen LogP contribution in [0.3, 0.4) is 0 Å². The van der Waals surface area contributed by atoms with E-state index in [-0.39, 0.29) is 11.3 Å². The first kappa shape index (κ1) is 16.8. The molecular formula is C18H16F3NO. The second-order valence-corrected chi connectivity index (χ2v) is 5.27. The van der Waals surface area contributed by atoms with E-state index in [0.717, 1.165) is 6.07 Å². The molecule has 2 nitrogen and oxygen atoms in total. The van der Waals surface area contributed by atoms with E-state index < -0.39 is 11.7 Å². The summed E-state index contributed by atoms with van der Waals surface area (Å²) in [7, 11) is 3.56. The third kappa shape index (κ3) is 4.22. The normalized spacial score (nSPS) is 11.7. The summed E-state index contributed by atoms with van der Waals surface area (Å²) in [6.07, 6.45) is -1.46. The molecule has 0 heterocycles. The van der Waals surface area contributed by atoms with Crippen molar-refractivity contribution < 1.29 is 18.0 Å². The maximum Gasteiger partial charge on any atom is 0.417 e. The monoisotopic (exact) mass is 319 g/mol. The van der Waals surface area contributed by atoms with Gasteiger partial charge in [-0.1, -0.05) is 36.4 Å². The van der Waals surface area contributed by atoms with Crippen molar-refractivity contribution in [2.45, 2.75) is 6.18 Å². The topological polar surface area (TPSA) is 20.3 Å². The molecule has 0 spiro atoms. The highest BCUT2D eigenvalue weighted by atomic mass is 19.4. The van der Waals surface area contributed by atoms with Crippen LogP contribution in [0.4, 0.5) is 13.2 Å². The van der Waals surface area contributed by atoms with Gasteiger partial charge in [-0.05, 0) is 23.3 Å². The minimum atomic E-state index is -4.44. The highest BCUT2D eigenvalue weighted by molar-refractivity contribution is 6.05. The van der Waals surface area contributed by atoms with Crippen molar-refractivity contribution in [3.05, 3.63) is 71.9 Å².